The van der Waals surface area contributed by atoms with Gasteiger partial charge in [0.05, 0.1) is 19.8 Å². The van der Waals surface area contributed by atoms with Crippen LogP contribution in [0.3, 0.4) is 0 Å². The van der Waals surface area contributed by atoms with E-state index in [4.69, 9.17) is 14.2 Å². The van der Waals surface area contributed by atoms with E-state index in [0.717, 1.165) is 38.5 Å². The van der Waals surface area contributed by atoms with Gasteiger partial charge in [0.1, 0.15) is 0 Å². The van der Waals surface area contributed by atoms with Crippen molar-refractivity contribution >= 4 is 6.08 Å². The maximum Gasteiger partial charge on any atom is 0.285 e. The monoisotopic (exact) mass is 446 g/mol. The third kappa shape index (κ3) is 12.2. The average molecular weight is 447 g/mol. The second-order valence-corrected chi connectivity index (χ2v) is 8.79. The van der Waals surface area contributed by atoms with Gasteiger partial charge in [0.2, 0.25) is 0 Å². The van der Waals surface area contributed by atoms with Crippen LogP contribution < -0.4 is 0 Å². The zero-order valence-corrected chi connectivity index (χ0v) is 21.5. The molecule has 0 saturated heterocycles. The highest BCUT2D eigenvalue weighted by atomic mass is 16.9. The van der Waals surface area contributed by atoms with Crippen molar-refractivity contribution < 1.29 is 14.2 Å². The molecule has 1 rings (SSSR count). The molecule has 0 aliphatic rings. The maximum absolute atomic E-state index is 6.39. The van der Waals surface area contributed by atoms with Gasteiger partial charge in [0.15, 0.2) is 0 Å². The quantitative estimate of drug-likeness (QED) is 0.139. The molecule has 0 N–H and O–H groups in total. The van der Waals surface area contributed by atoms with Gasteiger partial charge in [-0.3, -0.25) is 0 Å². The van der Waals surface area contributed by atoms with Crippen molar-refractivity contribution in [2.45, 2.75) is 111 Å². The lowest BCUT2D eigenvalue weighted by molar-refractivity contribution is -0.406. The van der Waals surface area contributed by atoms with Gasteiger partial charge in [-0.1, -0.05) is 109 Å². The minimum Gasteiger partial charge on any atom is -0.327 e. The van der Waals surface area contributed by atoms with Gasteiger partial charge in [0.25, 0.3) is 5.97 Å². The lowest BCUT2D eigenvalue weighted by atomic mass is 9.92. The first-order valence-corrected chi connectivity index (χ1v) is 13.4. The summed E-state index contributed by atoms with van der Waals surface area (Å²) < 4.78 is 19.2. The van der Waals surface area contributed by atoms with Crippen LogP contribution in [0.15, 0.2) is 36.4 Å². The Morgan fingerprint density at radius 1 is 0.688 bits per heavy atom. The normalized spacial score (nSPS) is 13.1. The van der Waals surface area contributed by atoms with E-state index < -0.39 is 5.97 Å². The predicted octanol–water partition coefficient (Wildman–Crippen LogP) is 8.78. The Balaban J connectivity index is 2.88. The number of rotatable bonds is 21. The number of allylic oxidation sites excluding steroid dienone is 1. The first kappa shape index (κ1) is 28.9. The highest BCUT2D eigenvalue weighted by Gasteiger charge is 2.41. The van der Waals surface area contributed by atoms with Gasteiger partial charge in [-0.2, -0.15) is 0 Å². The van der Waals surface area contributed by atoms with Gasteiger partial charge >= 0.3 is 0 Å². The summed E-state index contributed by atoms with van der Waals surface area (Å²) in [4.78, 5) is 0. The van der Waals surface area contributed by atoms with Crippen LogP contribution in [0, 0.1) is 5.92 Å². The molecule has 0 saturated carbocycles. The van der Waals surface area contributed by atoms with Crippen molar-refractivity contribution in [3.05, 3.63) is 42.0 Å². The van der Waals surface area contributed by atoms with Crippen LogP contribution in [0.1, 0.15) is 110 Å². The van der Waals surface area contributed by atoms with E-state index in [1.807, 2.05) is 0 Å². The number of hydrogen-bond donors (Lipinski definition) is 0. The molecule has 1 aromatic rings. The summed E-state index contributed by atoms with van der Waals surface area (Å²) in [5, 5.41) is 0. The van der Waals surface area contributed by atoms with E-state index >= 15 is 0 Å². The molecule has 0 radical (unpaired) electrons. The molecule has 184 valence electrons. The van der Waals surface area contributed by atoms with Crippen LogP contribution in [0.2, 0.25) is 0 Å². The van der Waals surface area contributed by atoms with E-state index in [2.05, 4.69) is 70.2 Å². The molecule has 0 fully saturated rings. The van der Waals surface area contributed by atoms with Crippen LogP contribution in [-0.2, 0) is 14.2 Å². The second kappa shape index (κ2) is 19.3. The molecule has 3 nitrogen and oxygen atoms in total. The van der Waals surface area contributed by atoms with Crippen LogP contribution in [0.4, 0.5) is 0 Å². The van der Waals surface area contributed by atoms with Gasteiger partial charge < -0.3 is 14.2 Å². The summed E-state index contributed by atoms with van der Waals surface area (Å²) >= 11 is 0. The topological polar surface area (TPSA) is 27.7 Å². The molecular weight excluding hydrogens is 396 g/mol. The van der Waals surface area contributed by atoms with Gasteiger partial charge in [0, 0.05) is 5.92 Å². The van der Waals surface area contributed by atoms with Crippen LogP contribution >= 0.6 is 0 Å². The Morgan fingerprint density at radius 2 is 1.25 bits per heavy atom. The van der Waals surface area contributed by atoms with Crippen molar-refractivity contribution in [1.82, 2.24) is 0 Å². The van der Waals surface area contributed by atoms with Crippen LogP contribution in [-0.4, -0.2) is 25.8 Å². The minimum atomic E-state index is -0.911. The smallest absolute Gasteiger partial charge is 0.285 e. The molecule has 0 aliphatic heterocycles. The summed E-state index contributed by atoms with van der Waals surface area (Å²) in [5.74, 6) is -0.676. The number of benzene rings is 1. The highest BCUT2D eigenvalue weighted by molar-refractivity contribution is 5.48. The highest BCUT2D eigenvalue weighted by Crippen LogP contribution is 2.35. The fourth-order valence-corrected chi connectivity index (χ4v) is 3.96. The third-order valence-corrected chi connectivity index (χ3v) is 5.72. The van der Waals surface area contributed by atoms with E-state index in [9.17, 15) is 0 Å². The Labute approximate surface area is 198 Å². The fourth-order valence-electron chi connectivity index (χ4n) is 3.96. The number of hydrogen-bond acceptors (Lipinski definition) is 3. The van der Waals surface area contributed by atoms with E-state index in [0.29, 0.717) is 19.8 Å². The Bertz CT molecular complexity index is 533. The average Bonchev–Trinajstić information content (AvgIpc) is 2.83. The summed E-state index contributed by atoms with van der Waals surface area (Å²) in [6.07, 6.45) is 18.3. The molecule has 0 amide bonds. The molecule has 0 aliphatic carbocycles. The number of unbranched alkanes of at least 4 members (excludes halogenated alkanes) is 5. The van der Waals surface area contributed by atoms with E-state index in [1.165, 1.54) is 44.1 Å². The maximum atomic E-state index is 6.39. The molecule has 3 heteroatoms. The summed E-state index contributed by atoms with van der Waals surface area (Å²) in [5.41, 5.74) is 1.25. The SMILES string of the molecule is CCCCCCCCC(CCC=Cc1ccccc1)C(OCCC)(OCCC)OCCC. The molecule has 1 unspecified atom stereocenters. The zero-order chi connectivity index (χ0) is 23.3. The largest absolute Gasteiger partial charge is 0.327 e. The van der Waals surface area contributed by atoms with Gasteiger partial charge in [-0.05, 0) is 44.1 Å². The first-order valence-electron chi connectivity index (χ1n) is 13.4. The zero-order valence-electron chi connectivity index (χ0n) is 21.5. The van der Waals surface area contributed by atoms with Gasteiger partial charge in [-0.25, -0.2) is 0 Å². The molecular formula is C29H50O3. The molecule has 1 aromatic carbocycles. The minimum absolute atomic E-state index is 0.235. The van der Waals surface area contributed by atoms with Crippen molar-refractivity contribution in [2.24, 2.45) is 5.92 Å². The van der Waals surface area contributed by atoms with Crippen molar-refractivity contribution in [1.29, 1.82) is 0 Å². The molecule has 0 spiro atoms. The van der Waals surface area contributed by atoms with Gasteiger partial charge in [-0.15, -0.1) is 0 Å². The third-order valence-electron chi connectivity index (χ3n) is 5.72. The Hall–Kier alpha value is -1.16. The second-order valence-electron chi connectivity index (χ2n) is 8.79. The van der Waals surface area contributed by atoms with E-state index in [1.54, 1.807) is 0 Å². The molecule has 0 heterocycles. The summed E-state index contributed by atoms with van der Waals surface area (Å²) in [6, 6.07) is 10.5. The Morgan fingerprint density at radius 3 is 1.81 bits per heavy atom. The molecule has 0 aromatic heterocycles. The molecule has 0 bridgehead atoms. The van der Waals surface area contributed by atoms with Crippen molar-refractivity contribution in [2.75, 3.05) is 19.8 Å². The van der Waals surface area contributed by atoms with E-state index in [-0.39, 0.29) is 5.92 Å². The predicted molar refractivity (Wildman–Crippen MR) is 138 cm³/mol. The lowest BCUT2D eigenvalue weighted by Crippen LogP contribution is -2.47. The van der Waals surface area contributed by atoms with Crippen molar-refractivity contribution in [3.63, 3.8) is 0 Å². The van der Waals surface area contributed by atoms with Crippen LogP contribution in [0.5, 0.6) is 0 Å². The first-order chi connectivity index (χ1) is 15.7. The van der Waals surface area contributed by atoms with Crippen LogP contribution in [0.25, 0.3) is 6.08 Å². The summed E-state index contributed by atoms with van der Waals surface area (Å²) in [6.45, 7) is 10.7. The fraction of sp³-hybridized carbons (Fsp3) is 0.724. The standard InChI is InChI=1S/C29H50O3/c1-5-9-10-11-12-16-22-28(23-18-17-21-27-19-14-13-15-20-27)29(30-24-6-2,31-25-7-3)32-26-8-4/h13-15,17,19-21,28H,5-12,16,18,22-26H2,1-4H3. The molecule has 32 heavy (non-hydrogen) atoms. The lowest BCUT2D eigenvalue weighted by Gasteiger charge is -2.40. The van der Waals surface area contributed by atoms with Crippen molar-refractivity contribution in [3.8, 4) is 0 Å². The molecule has 1 atom stereocenters. The Kier molecular flexibility index (Phi) is 17.4. The number of ether oxygens (including phenoxy) is 3. The summed E-state index contributed by atoms with van der Waals surface area (Å²) in [7, 11) is 0.